The molecule has 0 aromatic carbocycles. The van der Waals surface area contributed by atoms with Gasteiger partial charge in [0.15, 0.2) is 0 Å². The Labute approximate surface area is 144 Å². The topological polar surface area (TPSA) is 74.6 Å². The number of Topliss-reactive ketones (excluding diaryl/α,β-unsaturated/α-hetero) is 1. The van der Waals surface area contributed by atoms with Gasteiger partial charge in [0.25, 0.3) is 0 Å². The maximum atomic E-state index is 12.7. The highest BCUT2D eigenvalue weighted by Crippen LogP contribution is 2.72. The normalized spacial score (nSPS) is 56.5. The Hall–Kier alpha value is -0.900. The van der Waals surface area contributed by atoms with Gasteiger partial charge in [0, 0.05) is 11.8 Å². The van der Waals surface area contributed by atoms with E-state index in [-0.39, 0.29) is 28.1 Å². The molecule has 4 saturated carbocycles. The molecule has 4 fully saturated rings. The second-order valence-electron chi connectivity index (χ2n) is 10.1. The predicted octanol–water partition coefficient (Wildman–Crippen LogP) is 3.41. The molecule has 0 radical (unpaired) electrons. The van der Waals surface area contributed by atoms with Gasteiger partial charge in [0.1, 0.15) is 5.78 Å². The van der Waals surface area contributed by atoms with Crippen molar-refractivity contribution in [3.05, 3.63) is 0 Å². The first kappa shape index (κ1) is 16.6. The summed E-state index contributed by atoms with van der Waals surface area (Å²) in [5.41, 5.74) is -1.32. The fraction of sp³-hybridized carbons (Fsp3) is 0.900. The first-order chi connectivity index (χ1) is 11.1. The van der Waals surface area contributed by atoms with Gasteiger partial charge in [-0.3, -0.25) is 9.59 Å². The minimum atomic E-state index is -0.697. The largest absolute Gasteiger partial charge is 0.481 e. The lowest BCUT2D eigenvalue weighted by Crippen LogP contribution is -2.62. The van der Waals surface area contributed by atoms with Gasteiger partial charge in [0.05, 0.1) is 11.5 Å². The molecule has 4 rings (SSSR count). The van der Waals surface area contributed by atoms with E-state index in [2.05, 4.69) is 6.92 Å². The molecule has 2 bridgehead atoms. The molecule has 4 nitrogen and oxygen atoms in total. The predicted molar refractivity (Wildman–Crippen MR) is 89.3 cm³/mol. The molecule has 0 heterocycles. The lowest BCUT2D eigenvalue weighted by Gasteiger charge is -2.64. The number of carboxylic acids is 1. The number of carbonyl (C=O) groups is 2. The van der Waals surface area contributed by atoms with E-state index in [1.54, 1.807) is 0 Å². The number of fused-ring (bicyclic) bond motifs is 3. The molecule has 0 aromatic heterocycles. The van der Waals surface area contributed by atoms with E-state index in [9.17, 15) is 19.8 Å². The Morgan fingerprint density at radius 3 is 2.54 bits per heavy atom. The zero-order chi connectivity index (χ0) is 17.5. The van der Waals surface area contributed by atoms with E-state index < -0.39 is 17.5 Å². The second-order valence-corrected chi connectivity index (χ2v) is 10.1. The SMILES string of the molecule is CC1(C(=O)O)CCC[C@]2(C)[C@@H]1CC[C@@]13CC(=O)[C@@](C)(C[C@H](O)[C@H]12)C3. The van der Waals surface area contributed by atoms with E-state index in [1.807, 2.05) is 13.8 Å². The van der Waals surface area contributed by atoms with E-state index in [1.165, 1.54) is 0 Å². The minimum absolute atomic E-state index is 0.0715. The molecule has 4 aliphatic carbocycles. The molecule has 4 aliphatic rings. The number of aliphatic hydroxyl groups is 1. The van der Waals surface area contributed by atoms with Crippen molar-refractivity contribution < 1.29 is 19.8 Å². The third-order valence-corrected chi connectivity index (χ3v) is 8.74. The smallest absolute Gasteiger partial charge is 0.309 e. The van der Waals surface area contributed by atoms with Gasteiger partial charge in [-0.1, -0.05) is 20.3 Å². The van der Waals surface area contributed by atoms with Gasteiger partial charge < -0.3 is 10.2 Å². The molecule has 1 spiro atoms. The number of ketones is 1. The quantitative estimate of drug-likeness (QED) is 0.770. The summed E-state index contributed by atoms with van der Waals surface area (Å²) >= 11 is 0. The summed E-state index contributed by atoms with van der Waals surface area (Å²) in [6.07, 6.45) is 5.98. The summed E-state index contributed by atoms with van der Waals surface area (Å²) in [6, 6.07) is 0. The summed E-state index contributed by atoms with van der Waals surface area (Å²) in [5.74, 6) is -0.196. The van der Waals surface area contributed by atoms with Crippen LogP contribution in [0.2, 0.25) is 0 Å². The van der Waals surface area contributed by atoms with Crippen LogP contribution in [0.15, 0.2) is 0 Å². The van der Waals surface area contributed by atoms with E-state index in [0.29, 0.717) is 18.6 Å². The van der Waals surface area contributed by atoms with Crippen LogP contribution < -0.4 is 0 Å². The highest BCUT2D eigenvalue weighted by Gasteiger charge is 2.70. The molecule has 134 valence electrons. The van der Waals surface area contributed by atoms with E-state index in [0.717, 1.165) is 38.5 Å². The van der Waals surface area contributed by atoms with Crippen LogP contribution in [0.1, 0.15) is 72.1 Å². The van der Waals surface area contributed by atoms with E-state index >= 15 is 0 Å². The monoisotopic (exact) mass is 334 g/mol. The van der Waals surface area contributed by atoms with Crippen LogP contribution in [0, 0.1) is 33.5 Å². The average molecular weight is 334 g/mol. The Bertz CT molecular complexity index is 615. The molecule has 4 heteroatoms. The Balaban J connectivity index is 1.80. The molecule has 1 unspecified atom stereocenters. The summed E-state index contributed by atoms with van der Waals surface area (Å²) in [7, 11) is 0. The molecule has 2 N–H and O–H groups in total. The maximum Gasteiger partial charge on any atom is 0.309 e. The Morgan fingerprint density at radius 1 is 1.17 bits per heavy atom. The number of hydrogen-bond donors (Lipinski definition) is 2. The molecule has 0 aromatic rings. The molecule has 24 heavy (non-hydrogen) atoms. The highest BCUT2D eigenvalue weighted by atomic mass is 16.4. The van der Waals surface area contributed by atoms with Crippen LogP contribution in [-0.4, -0.2) is 28.1 Å². The standard InChI is InChI=1S/C20H30O4/c1-17-9-12(21)15-18(2)6-4-7-19(3,16(23)24)13(18)5-8-20(15,11-17)10-14(17)22/h12-13,15,21H,4-11H2,1-3H3,(H,23,24)/t12-,13-,15-,17-,18+,19?,20-/m0/s1. The first-order valence-electron chi connectivity index (χ1n) is 9.52. The summed E-state index contributed by atoms with van der Waals surface area (Å²) in [6.45, 7) is 6.16. The number of hydrogen-bond acceptors (Lipinski definition) is 3. The molecular formula is C20H30O4. The second kappa shape index (κ2) is 4.63. The van der Waals surface area contributed by atoms with Gasteiger partial charge in [-0.15, -0.1) is 0 Å². The van der Waals surface area contributed by atoms with Gasteiger partial charge in [-0.05, 0) is 68.1 Å². The number of carboxylic acid groups (broad SMARTS) is 1. The van der Waals surface area contributed by atoms with Gasteiger partial charge in [0.2, 0.25) is 0 Å². The number of aliphatic carboxylic acids is 1. The van der Waals surface area contributed by atoms with Crippen molar-refractivity contribution in [1.82, 2.24) is 0 Å². The van der Waals surface area contributed by atoms with Crippen molar-refractivity contribution in [2.45, 2.75) is 78.2 Å². The Morgan fingerprint density at radius 2 is 1.88 bits per heavy atom. The van der Waals surface area contributed by atoms with Crippen molar-refractivity contribution in [3.63, 3.8) is 0 Å². The zero-order valence-corrected chi connectivity index (χ0v) is 15.1. The Kier molecular flexibility index (Phi) is 3.19. The highest BCUT2D eigenvalue weighted by molar-refractivity contribution is 5.88. The maximum absolute atomic E-state index is 12.7. The first-order valence-corrected chi connectivity index (χ1v) is 9.52. The number of aliphatic hydroxyl groups excluding tert-OH is 1. The van der Waals surface area contributed by atoms with Gasteiger partial charge >= 0.3 is 5.97 Å². The number of rotatable bonds is 1. The molecule has 0 amide bonds. The molecule has 0 saturated heterocycles. The van der Waals surface area contributed by atoms with Crippen LogP contribution in [0.3, 0.4) is 0 Å². The van der Waals surface area contributed by atoms with Gasteiger partial charge in [-0.25, -0.2) is 0 Å². The molecule has 7 atom stereocenters. The summed E-state index contributed by atoms with van der Waals surface area (Å²) in [5, 5.41) is 21.0. The lowest BCUT2D eigenvalue weighted by molar-refractivity contribution is -0.204. The fourth-order valence-corrected chi connectivity index (χ4v) is 7.96. The van der Waals surface area contributed by atoms with Crippen LogP contribution in [0.5, 0.6) is 0 Å². The molecular weight excluding hydrogens is 304 g/mol. The van der Waals surface area contributed by atoms with Crippen LogP contribution in [-0.2, 0) is 9.59 Å². The fourth-order valence-electron chi connectivity index (χ4n) is 7.96. The third kappa shape index (κ3) is 1.79. The van der Waals surface area contributed by atoms with Crippen molar-refractivity contribution in [1.29, 1.82) is 0 Å². The van der Waals surface area contributed by atoms with Crippen molar-refractivity contribution in [2.75, 3.05) is 0 Å². The van der Waals surface area contributed by atoms with Crippen LogP contribution in [0.4, 0.5) is 0 Å². The average Bonchev–Trinajstić information content (AvgIpc) is 2.63. The third-order valence-electron chi connectivity index (χ3n) is 8.74. The van der Waals surface area contributed by atoms with Crippen molar-refractivity contribution in [2.24, 2.45) is 33.5 Å². The van der Waals surface area contributed by atoms with Crippen molar-refractivity contribution in [3.8, 4) is 0 Å². The van der Waals surface area contributed by atoms with Gasteiger partial charge in [-0.2, -0.15) is 0 Å². The minimum Gasteiger partial charge on any atom is -0.481 e. The van der Waals surface area contributed by atoms with Crippen LogP contribution in [0.25, 0.3) is 0 Å². The van der Waals surface area contributed by atoms with Crippen molar-refractivity contribution >= 4 is 11.8 Å². The molecule has 0 aliphatic heterocycles. The summed E-state index contributed by atoms with van der Waals surface area (Å²) < 4.78 is 0. The zero-order valence-electron chi connectivity index (χ0n) is 15.1. The number of carbonyl (C=O) groups excluding carboxylic acids is 1. The summed E-state index contributed by atoms with van der Waals surface area (Å²) in [4.78, 5) is 24.7. The van der Waals surface area contributed by atoms with E-state index in [4.69, 9.17) is 0 Å². The lowest BCUT2D eigenvalue weighted by atomic mass is 9.40. The van der Waals surface area contributed by atoms with Crippen LogP contribution >= 0.6 is 0 Å².